The first-order chi connectivity index (χ1) is 9.72. The molecule has 1 amide bonds. The minimum absolute atomic E-state index is 0. The minimum atomic E-state index is 0. The van der Waals surface area contributed by atoms with Gasteiger partial charge in [0.1, 0.15) is 0 Å². The maximum absolute atomic E-state index is 12.3. The van der Waals surface area contributed by atoms with Gasteiger partial charge in [-0.3, -0.25) is 4.79 Å². The number of methoxy groups -OCH3 is 1. The zero-order valence-corrected chi connectivity index (χ0v) is 13.8. The van der Waals surface area contributed by atoms with E-state index in [0.29, 0.717) is 11.5 Å². The van der Waals surface area contributed by atoms with Crippen LogP contribution in [-0.2, 0) is 9.53 Å². The van der Waals surface area contributed by atoms with Crippen molar-refractivity contribution in [3.05, 3.63) is 0 Å². The number of fused-ring (bicyclic) bond motifs is 1. The molecular weight excluding hydrogens is 288 g/mol. The molecule has 5 heteroatoms. The Morgan fingerprint density at radius 2 is 2.10 bits per heavy atom. The number of carbonyl (C=O) groups is 1. The van der Waals surface area contributed by atoms with E-state index in [9.17, 15) is 4.79 Å². The predicted molar refractivity (Wildman–Crippen MR) is 85.7 cm³/mol. The molecular formula is C16H29ClN2O2. The third-order valence-electron chi connectivity index (χ3n) is 5.61. The molecule has 0 aromatic rings. The molecule has 0 aromatic heterocycles. The van der Waals surface area contributed by atoms with Gasteiger partial charge in [0.05, 0.1) is 6.04 Å². The van der Waals surface area contributed by atoms with Crippen LogP contribution in [0.4, 0.5) is 0 Å². The second kappa shape index (κ2) is 7.30. The average molecular weight is 317 g/mol. The third-order valence-corrected chi connectivity index (χ3v) is 5.61. The number of rotatable bonds is 6. The van der Waals surface area contributed by atoms with Gasteiger partial charge in [-0.25, -0.2) is 0 Å². The number of halogens is 1. The number of ether oxygens (including phenoxy) is 1. The summed E-state index contributed by atoms with van der Waals surface area (Å²) in [6.07, 6.45) is 9.82. The summed E-state index contributed by atoms with van der Waals surface area (Å²) >= 11 is 0. The molecule has 0 radical (unpaired) electrons. The van der Waals surface area contributed by atoms with Crippen LogP contribution in [-0.4, -0.2) is 38.3 Å². The number of nitrogens with one attached hydrogen (secondary N) is 2. The zero-order chi connectivity index (χ0) is 14.0. The lowest BCUT2D eigenvalue weighted by molar-refractivity contribution is -0.123. The minimum Gasteiger partial charge on any atom is -0.385 e. The number of hydrogen-bond donors (Lipinski definition) is 2. The zero-order valence-electron chi connectivity index (χ0n) is 13.0. The molecule has 2 N–H and O–H groups in total. The van der Waals surface area contributed by atoms with Gasteiger partial charge in [-0.05, 0) is 49.9 Å². The molecule has 1 aliphatic heterocycles. The Morgan fingerprint density at radius 3 is 2.76 bits per heavy atom. The van der Waals surface area contributed by atoms with Gasteiger partial charge >= 0.3 is 0 Å². The van der Waals surface area contributed by atoms with Crippen molar-refractivity contribution in [2.24, 2.45) is 11.3 Å². The second-order valence-corrected chi connectivity index (χ2v) is 7.07. The van der Waals surface area contributed by atoms with Crippen molar-refractivity contribution in [1.82, 2.24) is 10.6 Å². The smallest absolute Gasteiger partial charge is 0.237 e. The molecule has 0 bridgehead atoms. The number of amides is 1. The highest BCUT2D eigenvalue weighted by atomic mass is 35.5. The van der Waals surface area contributed by atoms with Gasteiger partial charge in [-0.2, -0.15) is 0 Å². The molecule has 2 aliphatic carbocycles. The van der Waals surface area contributed by atoms with Crippen molar-refractivity contribution >= 4 is 18.3 Å². The van der Waals surface area contributed by atoms with E-state index in [-0.39, 0.29) is 24.4 Å². The largest absolute Gasteiger partial charge is 0.385 e. The van der Waals surface area contributed by atoms with Gasteiger partial charge in [0.15, 0.2) is 0 Å². The van der Waals surface area contributed by atoms with Crippen LogP contribution >= 0.6 is 12.4 Å². The Kier molecular flexibility index (Phi) is 5.92. The van der Waals surface area contributed by atoms with Crippen molar-refractivity contribution < 1.29 is 9.53 Å². The average Bonchev–Trinajstić information content (AvgIpc) is 3.11. The Hall–Kier alpha value is -0.320. The lowest BCUT2D eigenvalue weighted by Crippen LogP contribution is -2.44. The maximum atomic E-state index is 12.3. The van der Waals surface area contributed by atoms with E-state index in [1.807, 2.05) is 0 Å². The predicted octanol–water partition coefficient (Wildman–Crippen LogP) is 2.26. The van der Waals surface area contributed by atoms with E-state index < -0.39 is 0 Å². The fourth-order valence-corrected chi connectivity index (χ4v) is 3.93. The molecule has 21 heavy (non-hydrogen) atoms. The van der Waals surface area contributed by atoms with Crippen molar-refractivity contribution in [3.63, 3.8) is 0 Å². The van der Waals surface area contributed by atoms with Crippen molar-refractivity contribution in [1.29, 1.82) is 0 Å². The summed E-state index contributed by atoms with van der Waals surface area (Å²) in [7, 11) is 1.75. The Balaban J connectivity index is 0.00000161. The van der Waals surface area contributed by atoms with E-state index in [4.69, 9.17) is 4.74 Å². The molecule has 1 heterocycles. The van der Waals surface area contributed by atoms with E-state index in [1.54, 1.807) is 7.11 Å². The van der Waals surface area contributed by atoms with Crippen molar-refractivity contribution in [2.75, 3.05) is 20.3 Å². The summed E-state index contributed by atoms with van der Waals surface area (Å²) < 4.78 is 5.16. The van der Waals surface area contributed by atoms with Crippen LogP contribution in [0, 0.1) is 11.3 Å². The molecule has 2 saturated carbocycles. The highest BCUT2D eigenvalue weighted by Gasteiger charge is 2.43. The first kappa shape index (κ1) is 17.0. The number of hydrogen-bond acceptors (Lipinski definition) is 3. The van der Waals surface area contributed by atoms with Gasteiger partial charge < -0.3 is 15.4 Å². The van der Waals surface area contributed by atoms with Gasteiger partial charge in [0, 0.05) is 26.3 Å². The van der Waals surface area contributed by atoms with Gasteiger partial charge in [-0.1, -0.05) is 12.8 Å². The highest BCUT2D eigenvalue weighted by Crippen LogP contribution is 2.48. The third kappa shape index (κ3) is 4.11. The SMILES string of the molecule is COCCC1(CNC(=O)C2CC3CCCCC3N2)CC1.Cl. The molecule has 3 rings (SSSR count). The monoisotopic (exact) mass is 316 g/mol. The molecule has 1 saturated heterocycles. The second-order valence-electron chi connectivity index (χ2n) is 7.07. The summed E-state index contributed by atoms with van der Waals surface area (Å²) in [6.45, 7) is 1.64. The standard InChI is InChI=1S/C16H28N2O2.ClH/c1-20-9-8-16(6-7-16)11-17-15(19)14-10-12-4-2-3-5-13(12)18-14;/h12-14,18H,2-11H2,1H3,(H,17,19);1H. The van der Waals surface area contributed by atoms with E-state index in [0.717, 1.165) is 31.9 Å². The van der Waals surface area contributed by atoms with Crippen LogP contribution in [0.5, 0.6) is 0 Å². The highest BCUT2D eigenvalue weighted by molar-refractivity contribution is 5.85. The molecule has 0 spiro atoms. The normalized spacial score (nSPS) is 32.9. The van der Waals surface area contributed by atoms with Crippen LogP contribution in [0.3, 0.4) is 0 Å². The topological polar surface area (TPSA) is 50.4 Å². The molecule has 3 unspecified atom stereocenters. The molecule has 3 atom stereocenters. The van der Waals surface area contributed by atoms with E-state index >= 15 is 0 Å². The first-order valence-electron chi connectivity index (χ1n) is 8.25. The molecule has 4 nitrogen and oxygen atoms in total. The van der Waals surface area contributed by atoms with Crippen molar-refractivity contribution in [3.8, 4) is 0 Å². The first-order valence-corrected chi connectivity index (χ1v) is 8.25. The molecule has 3 aliphatic rings. The van der Waals surface area contributed by atoms with E-state index in [2.05, 4.69) is 10.6 Å². The summed E-state index contributed by atoms with van der Waals surface area (Å²) in [6, 6.07) is 0.657. The fourth-order valence-electron chi connectivity index (χ4n) is 3.93. The van der Waals surface area contributed by atoms with Gasteiger partial charge in [0.2, 0.25) is 5.91 Å². The van der Waals surface area contributed by atoms with Gasteiger partial charge in [-0.15, -0.1) is 12.4 Å². The Morgan fingerprint density at radius 1 is 1.33 bits per heavy atom. The van der Waals surface area contributed by atoms with Crippen LogP contribution < -0.4 is 10.6 Å². The summed E-state index contributed by atoms with van der Waals surface area (Å²) in [5.41, 5.74) is 0.344. The van der Waals surface area contributed by atoms with Crippen LogP contribution in [0.2, 0.25) is 0 Å². The maximum Gasteiger partial charge on any atom is 0.237 e. The summed E-state index contributed by atoms with van der Waals surface area (Å²) in [4.78, 5) is 12.3. The summed E-state index contributed by atoms with van der Waals surface area (Å²) in [5, 5.41) is 6.74. The molecule has 122 valence electrons. The Labute approximate surface area is 134 Å². The lowest BCUT2D eigenvalue weighted by Gasteiger charge is -2.24. The fraction of sp³-hybridized carbons (Fsp3) is 0.938. The quantitative estimate of drug-likeness (QED) is 0.790. The molecule has 0 aromatic carbocycles. The van der Waals surface area contributed by atoms with Crippen molar-refractivity contribution in [2.45, 2.75) is 63.5 Å². The summed E-state index contributed by atoms with van der Waals surface area (Å²) in [5.74, 6) is 0.964. The van der Waals surface area contributed by atoms with Crippen LogP contribution in [0.25, 0.3) is 0 Å². The number of carbonyl (C=O) groups excluding carboxylic acids is 1. The van der Waals surface area contributed by atoms with E-state index in [1.165, 1.54) is 38.5 Å². The van der Waals surface area contributed by atoms with Crippen LogP contribution in [0.1, 0.15) is 51.4 Å². The van der Waals surface area contributed by atoms with Gasteiger partial charge in [0.25, 0.3) is 0 Å². The molecule has 3 fully saturated rings. The van der Waals surface area contributed by atoms with Crippen LogP contribution in [0.15, 0.2) is 0 Å². The lowest BCUT2D eigenvalue weighted by atomic mass is 9.85. The Bertz CT molecular complexity index is 346.